The number of amides is 3. The molecule has 0 saturated carbocycles. The number of hydrogen-bond donors (Lipinski definition) is 1. The molecule has 0 radical (unpaired) electrons. The van der Waals surface area contributed by atoms with Crippen molar-refractivity contribution in [3.05, 3.63) is 101 Å². The van der Waals surface area contributed by atoms with Crippen LogP contribution in [0.4, 0.5) is 21.2 Å². The van der Waals surface area contributed by atoms with Crippen LogP contribution in [0.1, 0.15) is 54.5 Å². The van der Waals surface area contributed by atoms with Crippen molar-refractivity contribution in [3.8, 4) is 0 Å². The highest BCUT2D eigenvalue weighted by molar-refractivity contribution is 6.72. The number of ether oxygens (including phenoxy) is 1. The summed E-state index contributed by atoms with van der Waals surface area (Å²) in [5.41, 5.74) is 3.26. The predicted molar refractivity (Wildman–Crippen MR) is 196 cm³/mol. The zero-order valence-corrected chi connectivity index (χ0v) is 30.6. The van der Waals surface area contributed by atoms with E-state index >= 15 is 8.90 Å². The van der Waals surface area contributed by atoms with Crippen LogP contribution in [0.2, 0.25) is 18.6 Å². The number of carbonyl (C=O) groups excluding carboxylic acids is 3. The molecule has 1 unspecified atom stereocenters. The summed E-state index contributed by atoms with van der Waals surface area (Å²) >= 11 is 0. The van der Waals surface area contributed by atoms with Gasteiger partial charge in [0.1, 0.15) is 0 Å². The number of aliphatic hydroxyl groups is 1. The van der Waals surface area contributed by atoms with Gasteiger partial charge in [-0.05, 0) is 61.0 Å². The fourth-order valence-corrected chi connectivity index (χ4v) is 11.3. The number of anilines is 3. The monoisotopic (exact) mass is 722 g/mol. The summed E-state index contributed by atoms with van der Waals surface area (Å²) in [5.74, 6) is -1.000. The number of fused-ring (bicyclic) bond motifs is 2. The van der Waals surface area contributed by atoms with E-state index in [1.54, 1.807) is 32.5 Å². The average Bonchev–Trinajstić information content (AvgIpc) is 3.77. The Bertz CT molecular complexity index is 2040. The van der Waals surface area contributed by atoms with Crippen molar-refractivity contribution in [3.63, 3.8) is 0 Å². The normalized spacial score (nSPS) is 24.8. The molecule has 1 aromatic heterocycles. The molecule has 52 heavy (non-hydrogen) atoms. The lowest BCUT2D eigenvalue weighted by molar-refractivity contribution is -0.146. The molecule has 1 N–H and O–H groups in total. The van der Waals surface area contributed by atoms with E-state index in [1.165, 1.54) is 0 Å². The molecule has 270 valence electrons. The summed E-state index contributed by atoms with van der Waals surface area (Å²) in [6.07, 6.45) is 2.60. The Labute approximate surface area is 303 Å². The highest BCUT2D eigenvalue weighted by Gasteiger charge is 2.66. The summed E-state index contributed by atoms with van der Waals surface area (Å²) < 4.78 is 25.2. The Morgan fingerprint density at radius 1 is 0.962 bits per heavy atom. The topological polar surface area (TPSA) is 121 Å². The number of halogens is 1. The number of β-lactam (4-membered cyclic amide) rings is 2. The van der Waals surface area contributed by atoms with Gasteiger partial charge in [-0.3, -0.25) is 19.1 Å². The number of aromatic nitrogens is 3. The maximum atomic E-state index is 16.5. The van der Waals surface area contributed by atoms with Gasteiger partial charge in [0, 0.05) is 67.1 Å². The van der Waals surface area contributed by atoms with Crippen LogP contribution in [0.15, 0.2) is 79.0 Å². The minimum absolute atomic E-state index is 0.0175. The number of benzene rings is 3. The summed E-state index contributed by atoms with van der Waals surface area (Å²) in [7, 11) is -3.43. The van der Waals surface area contributed by atoms with Crippen molar-refractivity contribution < 1.29 is 28.3 Å². The molecule has 0 aliphatic carbocycles. The van der Waals surface area contributed by atoms with Crippen LogP contribution >= 0.6 is 0 Å². The summed E-state index contributed by atoms with van der Waals surface area (Å²) in [6.45, 7) is 7.04. The van der Waals surface area contributed by atoms with Crippen LogP contribution < -0.4 is 14.7 Å². The Balaban J connectivity index is 1.12. The molecule has 4 aromatic rings. The maximum absolute atomic E-state index is 16.5. The molecule has 5 heterocycles. The van der Waals surface area contributed by atoms with E-state index in [0.717, 1.165) is 16.8 Å². The van der Waals surface area contributed by atoms with Gasteiger partial charge < -0.3 is 28.7 Å². The molecule has 1 spiro atoms. The molecule has 4 aliphatic rings. The molecule has 3 aromatic carbocycles. The van der Waals surface area contributed by atoms with Crippen molar-refractivity contribution in [1.29, 1.82) is 0 Å². The minimum atomic E-state index is -3.43. The van der Waals surface area contributed by atoms with Crippen LogP contribution in [0.3, 0.4) is 0 Å². The first-order valence-electron chi connectivity index (χ1n) is 18.1. The van der Waals surface area contributed by atoms with E-state index in [1.807, 2.05) is 85.9 Å². The fourth-order valence-electron chi connectivity index (χ4n) is 8.71. The third-order valence-corrected chi connectivity index (χ3v) is 13.9. The second-order valence-electron chi connectivity index (χ2n) is 15.0. The van der Waals surface area contributed by atoms with Gasteiger partial charge in [0.25, 0.3) is 5.91 Å². The maximum Gasteiger partial charge on any atom is 0.264 e. The molecule has 4 aliphatic heterocycles. The molecule has 3 amide bonds. The summed E-state index contributed by atoms with van der Waals surface area (Å²) in [4.78, 5) is 44.9. The predicted octanol–water partition coefficient (Wildman–Crippen LogP) is 5.29. The molecular weight excluding hydrogens is 680 g/mol. The highest BCUT2D eigenvalue weighted by Crippen LogP contribution is 2.61. The van der Waals surface area contributed by atoms with E-state index in [4.69, 9.17) is 4.74 Å². The van der Waals surface area contributed by atoms with Crippen LogP contribution in [-0.4, -0.2) is 72.0 Å². The Hall–Kier alpha value is -4.72. The van der Waals surface area contributed by atoms with Gasteiger partial charge in [0.15, 0.2) is 5.60 Å². The van der Waals surface area contributed by atoms with Crippen molar-refractivity contribution in [2.24, 2.45) is 5.92 Å². The number of carbonyl (C=O) groups is 3. The second kappa shape index (κ2) is 13.0. The number of nitrogens with zero attached hydrogens (tertiary/aromatic N) is 6. The van der Waals surface area contributed by atoms with Gasteiger partial charge in [-0.15, -0.1) is 5.10 Å². The number of hydrogen-bond acceptors (Lipinski definition) is 7. The first kappa shape index (κ1) is 34.4. The molecule has 3 fully saturated rings. The smallest absolute Gasteiger partial charge is 0.264 e. The number of aryl methyl sites for hydroxylation is 1. The van der Waals surface area contributed by atoms with Gasteiger partial charge in [-0.1, -0.05) is 54.6 Å². The van der Waals surface area contributed by atoms with Gasteiger partial charge in [0.05, 0.1) is 36.6 Å². The van der Waals surface area contributed by atoms with Crippen LogP contribution in [0.5, 0.6) is 0 Å². The fraction of sp³-hybridized carbons (Fsp3) is 0.410. The van der Waals surface area contributed by atoms with Crippen molar-refractivity contribution in [1.82, 2.24) is 15.0 Å². The third kappa shape index (κ3) is 5.66. The Morgan fingerprint density at radius 3 is 2.31 bits per heavy atom. The average molecular weight is 723 g/mol. The lowest BCUT2D eigenvalue weighted by Crippen LogP contribution is -2.45. The first-order valence-corrected chi connectivity index (χ1v) is 21.0. The van der Waals surface area contributed by atoms with Gasteiger partial charge in [0.2, 0.25) is 20.2 Å². The zero-order chi connectivity index (χ0) is 36.4. The van der Waals surface area contributed by atoms with Crippen molar-refractivity contribution in [2.45, 2.75) is 75.5 Å². The molecule has 13 heteroatoms. The summed E-state index contributed by atoms with van der Waals surface area (Å²) in [6, 6.07) is 22.9. The van der Waals surface area contributed by atoms with Gasteiger partial charge in [-0.2, -0.15) is 0 Å². The van der Waals surface area contributed by atoms with Gasteiger partial charge in [-0.25, -0.2) is 0 Å². The second-order valence-corrected chi connectivity index (χ2v) is 18.8. The first-order chi connectivity index (χ1) is 25.0. The lowest BCUT2D eigenvalue weighted by Gasteiger charge is -2.33. The molecular formula is C39H43FN6O5Si. The minimum Gasteiger partial charge on any atom is -0.395 e. The molecule has 11 nitrogen and oxygen atoms in total. The molecule has 0 bridgehead atoms. The van der Waals surface area contributed by atoms with Crippen LogP contribution in [0.25, 0.3) is 0 Å². The van der Waals surface area contributed by atoms with Crippen molar-refractivity contribution in [2.75, 3.05) is 34.4 Å². The van der Waals surface area contributed by atoms with E-state index in [9.17, 15) is 14.7 Å². The van der Waals surface area contributed by atoms with Crippen LogP contribution in [0, 0.1) is 5.92 Å². The number of aliphatic hydroxyl groups excluding tert-OH is 1. The zero-order valence-electron chi connectivity index (χ0n) is 29.6. The highest BCUT2D eigenvalue weighted by atomic mass is 28.4. The van der Waals surface area contributed by atoms with Crippen LogP contribution in [-0.2, 0) is 37.8 Å². The lowest BCUT2D eigenvalue weighted by atomic mass is 9.82. The molecule has 3 saturated heterocycles. The van der Waals surface area contributed by atoms with Gasteiger partial charge >= 0.3 is 0 Å². The Kier molecular flexibility index (Phi) is 8.62. The van der Waals surface area contributed by atoms with E-state index < -0.39 is 31.6 Å². The summed E-state index contributed by atoms with van der Waals surface area (Å²) in [5, 5.41) is 18.9. The van der Waals surface area contributed by atoms with E-state index in [-0.39, 0.29) is 36.8 Å². The Morgan fingerprint density at radius 2 is 1.67 bits per heavy atom. The molecule has 5 atom stereocenters. The SMILES string of the molecule is C[C@H]1[C@H]([Si](C)(C)F)[C@@H](CCn2cc(C(CO)c3ccccc3)nn2)O[C@]12C(=O)N(Cc1cccc(N3CCC3=O)c1)c1ccc(N3CCC3=O)cc12. The molecule has 8 rings (SSSR count). The van der Waals surface area contributed by atoms with E-state index in [0.29, 0.717) is 61.5 Å². The largest absolute Gasteiger partial charge is 0.395 e. The standard InChI is InChI=1S/C39H43FN6O5Si/c1-25-37(52(2,3)40)34(14-17-43-23-32(41-42-43)30(24-47)27-9-5-4-6-10-27)51-39(25)31-21-29(45-19-16-36(45)49)12-13-33(31)46(38(39)50)22-26-8-7-11-28(20-26)44-18-15-35(44)48/h4-13,20-21,23,25,30,34,37,47H,14-19,22,24H2,1-3H3/t25-,30?,34+,37-,39+/m0/s1. The van der Waals surface area contributed by atoms with Crippen molar-refractivity contribution >= 4 is 43.2 Å². The number of rotatable bonds is 11. The van der Waals surface area contributed by atoms with E-state index in [2.05, 4.69) is 10.3 Å². The third-order valence-electron chi connectivity index (χ3n) is 11.5. The quantitative estimate of drug-likeness (QED) is 0.127.